The van der Waals surface area contributed by atoms with E-state index in [9.17, 15) is 4.79 Å². The molecule has 2 aromatic heterocycles. The fourth-order valence-electron chi connectivity index (χ4n) is 1.36. The van der Waals surface area contributed by atoms with Crippen molar-refractivity contribution in [2.75, 3.05) is 6.61 Å². The van der Waals surface area contributed by atoms with Gasteiger partial charge in [0.2, 0.25) is 0 Å². The van der Waals surface area contributed by atoms with E-state index in [1.165, 1.54) is 11.3 Å². The summed E-state index contributed by atoms with van der Waals surface area (Å²) in [6.07, 6.45) is 0. The standard InChI is InChI=1S/C13H10BrNO2S2/c14-12-4-3-11(19-12)7-15-13(17)9-6-10(18-8-9)2-1-5-16/h3-4,6,8,16H,5,7H2,(H,15,17). The van der Waals surface area contributed by atoms with Crippen LogP contribution in [0.3, 0.4) is 0 Å². The maximum atomic E-state index is 11.9. The Morgan fingerprint density at radius 1 is 1.47 bits per heavy atom. The zero-order valence-electron chi connectivity index (χ0n) is 9.77. The van der Waals surface area contributed by atoms with E-state index >= 15 is 0 Å². The van der Waals surface area contributed by atoms with E-state index in [-0.39, 0.29) is 12.5 Å². The van der Waals surface area contributed by atoms with Gasteiger partial charge >= 0.3 is 0 Å². The molecule has 0 aliphatic rings. The molecule has 98 valence electrons. The number of hydrogen-bond donors (Lipinski definition) is 2. The van der Waals surface area contributed by atoms with Crippen molar-refractivity contribution in [3.63, 3.8) is 0 Å². The van der Waals surface area contributed by atoms with Crippen molar-refractivity contribution in [1.29, 1.82) is 0 Å². The molecule has 19 heavy (non-hydrogen) atoms. The van der Waals surface area contributed by atoms with E-state index in [1.807, 2.05) is 12.1 Å². The minimum absolute atomic E-state index is 0.113. The quantitative estimate of drug-likeness (QED) is 0.831. The van der Waals surface area contributed by atoms with E-state index in [0.717, 1.165) is 13.5 Å². The topological polar surface area (TPSA) is 49.3 Å². The van der Waals surface area contributed by atoms with Crippen LogP contribution in [0.5, 0.6) is 0 Å². The Hall–Kier alpha value is -1.13. The highest BCUT2D eigenvalue weighted by Crippen LogP contribution is 2.22. The lowest BCUT2D eigenvalue weighted by Crippen LogP contribution is -2.21. The predicted molar refractivity (Wildman–Crippen MR) is 81.5 cm³/mol. The number of hydrogen-bond acceptors (Lipinski definition) is 4. The van der Waals surface area contributed by atoms with Crippen LogP contribution in [0.15, 0.2) is 27.4 Å². The van der Waals surface area contributed by atoms with Crippen LogP contribution in [0.1, 0.15) is 20.1 Å². The SMILES string of the molecule is O=C(NCc1ccc(Br)s1)c1csc(C#CCO)c1. The van der Waals surface area contributed by atoms with Crippen LogP contribution in [-0.2, 0) is 6.54 Å². The van der Waals surface area contributed by atoms with E-state index < -0.39 is 0 Å². The van der Waals surface area contributed by atoms with Crippen molar-refractivity contribution in [1.82, 2.24) is 5.32 Å². The molecule has 0 bridgehead atoms. The Morgan fingerprint density at radius 3 is 3.00 bits per heavy atom. The third kappa shape index (κ3) is 4.18. The fourth-order valence-corrected chi connectivity index (χ4v) is 3.54. The number of thiophene rings is 2. The molecule has 2 N–H and O–H groups in total. The molecule has 2 rings (SSSR count). The minimum Gasteiger partial charge on any atom is -0.384 e. The molecule has 0 atom stereocenters. The molecule has 0 unspecified atom stereocenters. The van der Waals surface area contributed by atoms with Crippen LogP contribution < -0.4 is 5.32 Å². The van der Waals surface area contributed by atoms with Crippen LogP contribution in [0, 0.1) is 11.8 Å². The molecule has 1 amide bonds. The maximum Gasteiger partial charge on any atom is 0.252 e. The first-order valence-corrected chi connectivity index (χ1v) is 7.88. The smallest absolute Gasteiger partial charge is 0.252 e. The van der Waals surface area contributed by atoms with Gasteiger partial charge in [0.1, 0.15) is 6.61 Å². The summed E-state index contributed by atoms with van der Waals surface area (Å²) in [7, 11) is 0. The Morgan fingerprint density at radius 2 is 2.32 bits per heavy atom. The van der Waals surface area contributed by atoms with Crippen LogP contribution >= 0.6 is 38.6 Å². The predicted octanol–water partition coefficient (Wildman–Crippen LogP) is 2.85. The molecule has 2 heterocycles. The summed E-state index contributed by atoms with van der Waals surface area (Å²) in [5, 5.41) is 13.2. The monoisotopic (exact) mass is 355 g/mol. The van der Waals surface area contributed by atoms with Crippen LogP contribution in [-0.4, -0.2) is 17.6 Å². The second kappa shape index (κ2) is 6.87. The number of nitrogens with one attached hydrogen (secondary N) is 1. The number of carbonyl (C=O) groups is 1. The second-order valence-corrected chi connectivity index (χ2v) is 7.01. The van der Waals surface area contributed by atoms with Gasteiger partial charge in [-0.1, -0.05) is 11.8 Å². The van der Waals surface area contributed by atoms with Crippen molar-refractivity contribution in [3.8, 4) is 11.8 Å². The Kier molecular flexibility index (Phi) is 5.16. The molecular formula is C13H10BrNO2S2. The summed E-state index contributed by atoms with van der Waals surface area (Å²) < 4.78 is 1.05. The van der Waals surface area contributed by atoms with Gasteiger partial charge in [-0.3, -0.25) is 4.79 Å². The Labute approximate surface area is 127 Å². The molecule has 0 spiro atoms. The van der Waals surface area contributed by atoms with Gasteiger partial charge in [-0.25, -0.2) is 0 Å². The van der Waals surface area contributed by atoms with Gasteiger partial charge in [0.25, 0.3) is 5.91 Å². The molecule has 0 aromatic carbocycles. The van der Waals surface area contributed by atoms with Gasteiger partial charge in [-0.15, -0.1) is 22.7 Å². The van der Waals surface area contributed by atoms with Crippen LogP contribution in [0.4, 0.5) is 0 Å². The lowest BCUT2D eigenvalue weighted by molar-refractivity contribution is 0.0952. The number of carbonyl (C=O) groups excluding carboxylic acids is 1. The normalized spacial score (nSPS) is 9.79. The molecule has 2 aromatic rings. The summed E-state index contributed by atoms with van der Waals surface area (Å²) in [6, 6.07) is 5.66. The van der Waals surface area contributed by atoms with Gasteiger partial charge in [0.05, 0.1) is 20.8 Å². The van der Waals surface area contributed by atoms with Gasteiger partial charge < -0.3 is 10.4 Å². The van der Waals surface area contributed by atoms with Crippen molar-refractivity contribution in [2.24, 2.45) is 0 Å². The summed E-state index contributed by atoms with van der Waals surface area (Å²) in [5.74, 6) is 5.23. The molecule has 0 aliphatic heterocycles. The molecule has 0 aliphatic carbocycles. The molecule has 0 saturated carbocycles. The Bertz CT molecular complexity index is 636. The number of halogens is 1. The van der Waals surface area contributed by atoms with Gasteiger partial charge in [0, 0.05) is 10.3 Å². The molecule has 0 fully saturated rings. The second-order valence-electron chi connectivity index (χ2n) is 3.55. The van der Waals surface area contributed by atoms with Gasteiger partial charge in [-0.05, 0) is 34.1 Å². The summed E-state index contributed by atoms with van der Waals surface area (Å²) >= 11 is 6.37. The highest BCUT2D eigenvalue weighted by molar-refractivity contribution is 9.11. The highest BCUT2D eigenvalue weighted by Gasteiger charge is 2.08. The first-order valence-electron chi connectivity index (χ1n) is 5.39. The highest BCUT2D eigenvalue weighted by atomic mass is 79.9. The van der Waals surface area contributed by atoms with E-state index in [4.69, 9.17) is 5.11 Å². The van der Waals surface area contributed by atoms with Crippen molar-refractivity contribution in [3.05, 3.63) is 42.7 Å². The van der Waals surface area contributed by atoms with Crippen molar-refractivity contribution < 1.29 is 9.90 Å². The van der Waals surface area contributed by atoms with Gasteiger partial charge in [-0.2, -0.15) is 0 Å². The zero-order valence-corrected chi connectivity index (χ0v) is 13.0. The fraction of sp³-hybridized carbons (Fsp3) is 0.154. The average molecular weight is 356 g/mol. The molecule has 0 radical (unpaired) electrons. The molecule has 0 saturated heterocycles. The maximum absolute atomic E-state index is 11.9. The minimum atomic E-state index is -0.174. The van der Waals surface area contributed by atoms with E-state index in [1.54, 1.807) is 22.8 Å². The summed E-state index contributed by atoms with van der Waals surface area (Å²) in [6.45, 7) is 0.343. The third-order valence-electron chi connectivity index (χ3n) is 2.20. The average Bonchev–Trinajstić information content (AvgIpc) is 3.02. The van der Waals surface area contributed by atoms with E-state index in [2.05, 4.69) is 33.1 Å². The first-order chi connectivity index (χ1) is 9.19. The summed E-state index contributed by atoms with van der Waals surface area (Å²) in [4.78, 5) is 13.8. The van der Waals surface area contributed by atoms with E-state index in [0.29, 0.717) is 12.1 Å². The molecule has 3 nitrogen and oxygen atoms in total. The largest absolute Gasteiger partial charge is 0.384 e. The number of rotatable bonds is 3. The lowest BCUT2D eigenvalue weighted by atomic mass is 10.3. The number of aliphatic hydroxyl groups excluding tert-OH is 1. The summed E-state index contributed by atoms with van der Waals surface area (Å²) in [5.41, 5.74) is 0.600. The Balaban J connectivity index is 1.94. The first kappa shape index (κ1) is 14.3. The third-order valence-corrected chi connectivity index (χ3v) is 4.67. The molecule has 6 heteroatoms. The lowest BCUT2D eigenvalue weighted by Gasteiger charge is -2.00. The van der Waals surface area contributed by atoms with Crippen LogP contribution in [0.2, 0.25) is 0 Å². The van der Waals surface area contributed by atoms with Crippen molar-refractivity contribution >= 4 is 44.5 Å². The number of aliphatic hydroxyl groups is 1. The van der Waals surface area contributed by atoms with Crippen molar-refractivity contribution in [2.45, 2.75) is 6.54 Å². The zero-order chi connectivity index (χ0) is 13.7. The van der Waals surface area contributed by atoms with Gasteiger partial charge in [0.15, 0.2) is 0 Å². The van der Waals surface area contributed by atoms with Crippen LogP contribution in [0.25, 0.3) is 0 Å². The molecular weight excluding hydrogens is 346 g/mol. The number of amides is 1.